The molecule has 0 unspecified atom stereocenters. The molecule has 1 aromatic heterocycles. The third kappa shape index (κ3) is 3.90. The van der Waals surface area contributed by atoms with Crippen LogP contribution < -0.4 is 9.80 Å². The smallest absolute Gasteiger partial charge is 0.127 e. The Morgan fingerprint density at radius 3 is 2.19 bits per heavy atom. The highest BCUT2D eigenvalue weighted by molar-refractivity contribution is 5.24. The summed E-state index contributed by atoms with van der Waals surface area (Å²) >= 11 is 0. The second-order valence-electron chi connectivity index (χ2n) is 6.10. The number of benzene rings is 1. The first kappa shape index (κ1) is 14.2. The van der Waals surface area contributed by atoms with Gasteiger partial charge in [0.25, 0.3) is 0 Å². The maximum Gasteiger partial charge on any atom is 0.127 e. The van der Waals surface area contributed by atoms with Gasteiger partial charge >= 0.3 is 0 Å². The molecule has 0 bridgehead atoms. The molecule has 3 rings (SSSR count). The zero-order chi connectivity index (χ0) is 14.5. The van der Waals surface area contributed by atoms with E-state index >= 15 is 0 Å². The number of hydrogen-bond acceptors (Lipinski definition) is 1. The molecule has 21 heavy (non-hydrogen) atoms. The van der Waals surface area contributed by atoms with E-state index in [1.807, 2.05) is 12.3 Å². The number of rotatable bonds is 4. The monoisotopic (exact) mass is 283 g/mol. The largest absolute Gasteiger partial charge is 0.322 e. The topological polar surface area (TPSA) is 21.8 Å². The lowest BCUT2D eigenvalue weighted by Gasteiger charge is -2.29. The zero-order valence-electron chi connectivity index (χ0n) is 12.8. The van der Waals surface area contributed by atoms with Crippen LogP contribution in [0.4, 0.5) is 0 Å². The summed E-state index contributed by atoms with van der Waals surface area (Å²) in [4.78, 5) is 7.83. The summed E-state index contributed by atoms with van der Waals surface area (Å²) in [5.41, 5.74) is 4.14. The molecular formula is C18H25N3+2. The van der Waals surface area contributed by atoms with Crippen molar-refractivity contribution in [1.29, 1.82) is 0 Å². The van der Waals surface area contributed by atoms with Crippen LogP contribution in [-0.4, -0.2) is 31.2 Å². The third-order valence-corrected chi connectivity index (χ3v) is 4.52. The molecule has 2 aromatic rings. The minimum Gasteiger partial charge on any atom is -0.322 e. The Morgan fingerprint density at radius 1 is 0.857 bits per heavy atom. The van der Waals surface area contributed by atoms with E-state index in [0.29, 0.717) is 0 Å². The van der Waals surface area contributed by atoms with Gasteiger partial charge in [0.2, 0.25) is 0 Å². The van der Waals surface area contributed by atoms with Crippen LogP contribution in [0, 0.1) is 6.92 Å². The van der Waals surface area contributed by atoms with Crippen molar-refractivity contribution in [3.8, 4) is 0 Å². The number of nitrogens with one attached hydrogen (secondary N) is 2. The highest BCUT2D eigenvalue weighted by Crippen LogP contribution is 2.04. The molecule has 1 aliphatic rings. The van der Waals surface area contributed by atoms with Crippen molar-refractivity contribution < 1.29 is 9.80 Å². The van der Waals surface area contributed by atoms with E-state index in [9.17, 15) is 0 Å². The first-order valence-electron chi connectivity index (χ1n) is 7.93. The number of pyridine rings is 1. The first-order valence-corrected chi connectivity index (χ1v) is 7.93. The summed E-state index contributed by atoms with van der Waals surface area (Å²) in [5.74, 6) is 0. The van der Waals surface area contributed by atoms with Crippen LogP contribution in [0.3, 0.4) is 0 Å². The Hall–Kier alpha value is -1.71. The molecule has 0 spiro atoms. The van der Waals surface area contributed by atoms with Crippen LogP contribution in [0.25, 0.3) is 0 Å². The second-order valence-corrected chi connectivity index (χ2v) is 6.10. The van der Waals surface area contributed by atoms with E-state index in [4.69, 9.17) is 0 Å². The van der Waals surface area contributed by atoms with Crippen LogP contribution in [-0.2, 0) is 13.1 Å². The van der Waals surface area contributed by atoms with Crippen molar-refractivity contribution in [3.05, 3.63) is 65.5 Å². The van der Waals surface area contributed by atoms with Crippen molar-refractivity contribution in [2.75, 3.05) is 26.2 Å². The maximum absolute atomic E-state index is 4.44. The number of quaternary nitrogens is 2. The van der Waals surface area contributed by atoms with Crippen molar-refractivity contribution in [2.24, 2.45) is 0 Å². The molecule has 1 aliphatic heterocycles. The van der Waals surface area contributed by atoms with Gasteiger partial charge in [-0.1, -0.05) is 30.3 Å². The van der Waals surface area contributed by atoms with Crippen molar-refractivity contribution in [1.82, 2.24) is 4.98 Å². The number of hydrogen-bond donors (Lipinski definition) is 2. The average Bonchev–Trinajstić information content (AvgIpc) is 2.52. The molecule has 1 saturated heterocycles. The molecule has 3 heteroatoms. The third-order valence-electron chi connectivity index (χ3n) is 4.52. The standard InChI is InChI=1S/C18H23N3/c1-16-6-2-3-7-17(16)14-20-10-12-21(13-11-20)15-18-8-4-5-9-19-18/h2-9H,10-15H2,1H3/p+2. The zero-order valence-corrected chi connectivity index (χ0v) is 12.8. The summed E-state index contributed by atoms with van der Waals surface area (Å²) in [7, 11) is 0. The molecule has 1 aromatic carbocycles. The minimum absolute atomic E-state index is 1.07. The van der Waals surface area contributed by atoms with Crippen molar-refractivity contribution >= 4 is 0 Å². The van der Waals surface area contributed by atoms with Crippen LogP contribution >= 0.6 is 0 Å². The fraction of sp³-hybridized carbons (Fsp3) is 0.389. The molecule has 2 heterocycles. The number of nitrogens with zero attached hydrogens (tertiary/aromatic N) is 1. The summed E-state index contributed by atoms with van der Waals surface area (Å²) in [6, 6.07) is 15.0. The lowest BCUT2D eigenvalue weighted by atomic mass is 10.1. The Morgan fingerprint density at radius 2 is 1.52 bits per heavy atom. The van der Waals surface area contributed by atoms with Crippen molar-refractivity contribution in [3.63, 3.8) is 0 Å². The lowest BCUT2D eigenvalue weighted by Crippen LogP contribution is -3.27. The Bertz CT molecular complexity index is 560. The number of piperazine rings is 1. The lowest BCUT2D eigenvalue weighted by molar-refractivity contribution is -1.02. The highest BCUT2D eigenvalue weighted by Gasteiger charge is 2.23. The molecule has 1 fully saturated rings. The Balaban J connectivity index is 1.50. The average molecular weight is 283 g/mol. The van der Waals surface area contributed by atoms with Gasteiger partial charge in [0.1, 0.15) is 39.3 Å². The van der Waals surface area contributed by atoms with E-state index in [-0.39, 0.29) is 0 Å². The van der Waals surface area contributed by atoms with Gasteiger partial charge in [-0.3, -0.25) is 4.98 Å². The SMILES string of the molecule is Cc1ccccc1C[NH+]1CC[NH+](Cc2ccccn2)CC1. The molecular weight excluding hydrogens is 258 g/mol. The number of aryl methyl sites for hydroxylation is 1. The van der Waals surface area contributed by atoms with E-state index < -0.39 is 0 Å². The molecule has 3 nitrogen and oxygen atoms in total. The van der Waals surface area contributed by atoms with E-state index in [1.54, 1.807) is 9.80 Å². The van der Waals surface area contributed by atoms with Gasteiger partial charge in [0.15, 0.2) is 0 Å². The van der Waals surface area contributed by atoms with Gasteiger partial charge in [0, 0.05) is 11.8 Å². The molecule has 2 N–H and O–H groups in total. The van der Waals surface area contributed by atoms with Crippen LogP contribution in [0.1, 0.15) is 16.8 Å². The summed E-state index contributed by atoms with van der Waals surface area (Å²) in [6.07, 6.45) is 1.90. The van der Waals surface area contributed by atoms with Gasteiger partial charge in [-0.05, 0) is 24.6 Å². The quantitative estimate of drug-likeness (QED) is 0.802. The van der Waals surface area contributed by atoms with E-state index in [0.717, 1.165) is 6.54 Å². The minimum atomic E-state index is 1.07. The summed E-state index contributed by atoms with van der Waals surface area (Å²) in [6.45, 7) is 9.47. The molecule has 110 valence electrons. The number of aromatic nitrogens is 1. The van der Waals surface area contributed by atoms with Gasteiger partial charge in [-0.2, -0.15) is 0 Å². The molecule has 0 atom stereocenters. The molecule has 0 saturated carbocycles. The second kappa shape index (κ2) is 6.83. The molecule has 0 amide bonds. The van der Waals surface area contributed by atoms with Crippen LogP contribution in [0.5, 0.6) is 0 Å². The Kier molecular flexibility index (Phi) is 4.63. The van der Waals surface area contributed by atoms with Gasteiger partial charge in [0.05, 0.1) is 5.69 Å². The maximum atomic E-state index is 4.44. The van der Waals surface area contributed by atoms with Gasteiger partial charge in [-0.25, -0.2) is 0 Å². The van der Waals surface area contributed by atoms with E-state index in [1.165, 1.54) is 49.5 Å². The van der Waals surface area contributed by atoms with Crippen LogP contribution in [0.15, 0.2) is 48.7 Å². The Labute approximate surface area is 127 Å². The predicted octanol–water partition coefficient (Wildman–Crippen LogP) is -0.126. The van der Waals surface area contributed by atoms with E-state index in [2.05, 4.69) is 48.3 Å². The fourth-order valence-electron chi connectivity index (χ4n) is 3.15. The highest BCUT2D eigenvalue weighted by atomic mass is 15.3. The molecule has 0 aliphatic carbocycles. The summed E-state index contributed by atoms with van der Waals surface area (Å²) < 4.78 is 0. The predicted molar refractivity (Wildman–Crippen MR) is 84.2 cm³/mol. The fourth-order valence-corrected chi connectivity index (χ4v) is 3.15. The normalized spacial score (nSPS) is 22.1. The van der Waals surface area contributed by atoms with Gasteiger partial charge < -0.3 is 9.80 Å². The summed E-state index contributed by atoms with van der Waals surface area (Å²) in [5, 5.41) is 0. The van der Waals surface area contributed by atoms with Crippen molar-refractivity contribution in [2.45, 2.75) is 20.0 Å². The molecule has 0 radical (unpaired) electrons. The van der Waals surface area contributed by atoms with Gasteiger partial charge in [-0.15, -0.1) is 0 Å². The first-order chi connectivity index (χ1) is 10.3. The van der Waals surface area contributed by atoms with Crippen LogP contribution in [0.2, 0.25) is 0 Å².